The molecule has 6 heteroatoms. The minimum atomic E-state index is -0.322. The molecule has 2 N–H and O–H groups in total. The van der Waals surface area contributed by atoms with E-state index in [0.717, 1.165) is 17.1 Å². The Morgan fingerprint density at radius 2 is 2.10 bits per heavy atom. The molecule has 0 aliphatic carbocycles. The Morgan fingerprint density at radius 3 is 2.80 bits per heavy atom. The van der Waals surface area contributed by atoms with Crippen LogP contribution in [0.5, 0.6) is 0 Å². The summed E-state index contributed by atoms with van der Waals surface area (Å²) in [6.07, 6.45) is 1.30. The number of nitrogen functional groups attached to an aromatic ring is 1. The third-order valence-electron chi connectivity index (χ3n) is 3.06. The lowest BCUT2D eigenvalue weighted by molar-refractivity contribution is -0.135. The van der Waals surface area contributed by atoms with Gasteiger partial charge in [0.05, 0.1) is 13.2 Å². The standard InChI is InChI=1S/C14H19FN2O2S/c15-11-8-12(16)10-13(9-11)20-7-1-2-14(18)17-3-5-19-6-4-17/h8-10H,1-7,16H2. The molecule has 0 saturated carbocycles. The van der Waals surface area contributed by atoms with Crippen LogP contribution in [0.4, 0.5) is 10.1 Å². The lowest BCUT2D eigenvalue weighted by atomic mass is 10.3. The molecule has 0 radical (unpaired) electrons. The minimum Gasteiger partial charge on any atom is -0.399 e. The summed E-state index contributed by atoms with van der Waals surface area (Å²) in [6, 6.07) is 4.51. The van der Waals surface area contributed by atoms with Gasteiger partial charge in [0.25, 0.3) is 0 Å². The zero-order valence-electron chi connectivity index (χ0n) is 11.3. The van der Waals surface area contributed by atoms with Crippen molar-refractivity contribution in [3.8, 4) is 0 Å². The summed E-state index contributed by atoms with van der Waals surface area (Å²) in [5.74, 6) is 0.628. The zero-order chi connectivity index (χ0) is 14.4. The van der Waals surface area contributed by atoms with Crippen LogP contribution in [0.1, 0.15) is 12.8 Å². The number of nitrogens with zero attached hydrogens (tertiary/aromatic N) is 1. The molecule has 20 heavy (non-hydrogen) atoms. The number of hydrogen-bond acceptors (Lipinski definition) is 4. The van der Waals surface area contributed by atoms with Crippen LogP contribution in [0.15, 0.2) is 23.1 Å². The molecule has 1 fully saturated rings. The lowest BCUT2D eigenvalue weighted by Gasteiger charge is -2.26. The summed E-state index contributed by atoms with van der Waals surface area (Å²) in [5, 5.41) is 0. The van der Waals surface area contributed by atoms with Gasteiger partial charge in [0, 0.05) is 30.1 Å². The second-order valence-corrected chi connectivity index (χ2v) is 5.83. The van der Waals surface area contributed by atoms with Crippen LogP contribution < -0.4 is 5.73 Å². The van der Waals surface area contributed by atoms with E-state index in [1.807, 2.05) is 4.90 Å². The van der Waals surface area contributed by atoms with E-state index in [-0.39, 0.29) is 11.7 Å². The van der Waals surface area contributed by atoms with Crippen molar-refractivity contribution in [2.24, 2.45) is 0 Å². The van der Waals surface area contributed by atoms with Gasteiger partial charge in [-0.05, 0) is 30.4 Å². The molecule has 0 unspecified atom stereocenters. The quantitative estimate of drug-likeness (QED) is 0.514. The van der Waals surface area contributed by atoms with E-state index in [0.29, 0.717) is 38.4 Å². The van der Waals surface area contributed by atoms with Gasteiger partial charge in [-0.2, -0.15) is 0 Å². The van der Waals surface area contributed by atoms with E-state index in [1.165, 1.54) is 23.9 Å². The maximum atomic E-state index is 13.1. The third kappa shape index (κ3) is 4.68. The third-order valence-corrected chi connectivity index (χ3v) is 4.12. The molecule has 1 aromatic carbocycles. The van der Waals surface area contributed by atoms with Gasteiger partial charge in [-0.25, -0.2) is 4.39 Å². The molecule has 1 aliphatic heterocycles. The molecule has 4 nitrogen and oxygen atoms in total. The average Bonchev–Trinajstić information content (AvgIpc) is 2.43. The number of morpholine rings is 1. The maximum absolute atomic E-state index is 13.1. The molecular formula is C14H19FN2O2S. The number of carbonyl (C=O) groups is 1. The molecule has 110 valence electrons. The first-order chi connectivity index (χ1) is 9.65. The number of carbonyl (C=O) groups excluding carboxylic acids is 1. The highest BCUT2D eigenvalue weighted by Gasteiger charge is 2.15. The largest absolute Gasteiger partial charge is 0.399 e. The second kappa shape index (κ2) is 7.50. The Hall–Kier alpha value is -1.27. The fourth-order valence-corrected chi connectivity index (χ4v) is 2.99. The number of thioether (sulfide) groups is 1. The Balaban J connectivity index is 1.69. The van der Waals surface area contributed by atoms with Crippen LogP contribution in [-0.2, 0) is 9.53 Å². The van der Waals surface area contributed by atoms with Crippen LogP contribution in [0.3, 0.4) is 0 Å². The van der Waals surface area contributed by atoms with Gasteiger partial charge in [0.15, 0.2) is 0 Å². The van der Waals surface area contributed by atoms with Crippen LogP contribution in [0.25, 0.3) is 0 Å². The molecule has 1 saturated heterocycles. The fraction of sp³-hybridized carbons (Fsp3) is 0.500. The summed E-state index contributed by atoms with van der Waals surface area (Å²) in [4.78, 5) is 14.5. The SMILES string of the molecule is Nc1cc(F)cc(SCCCC(=O)N2CCOCC2)c1. The van der Waals surface area contributed by atoms with Crippen molar-refractivity contribution in [1.82, 2.24) is 4.90 Å². The first-order valence-electron chi connectivity index (χ1n) is 6.69. The summed E-state index contributed by atoms with van der Waals surface area (Å²) in [7, 11) is 0. The monoisotopic (exact) mass is 298 g/mol. The summed E-state index contributed by atoms with van der Waals surface area (Å²) in [6.45, 7) is 2.63. The Labute approximate surface area is 122 Å². The van der Waals surface area contributed by atoms with Crippen molar-refractivity contribution >= 4 is 23.4 Å². The molecule has 0 bridgehead atoms. The van der Waals surface area contributed by atoms with E-state index in [1.54, 1.807) is 6.07 Å². The fourth-order valence-electron chi connectivity index (χ4n) is 2.05. The molecule has 1 amide bonds. The zero-order valence-corrected chi connectivity index (χ0v) is 12.1. The number of benzene rings is 1. The highest BCUT2D eigenvalue weighted by molar-refractivity contribution is 7.99. The number of nitrogens with two attached hydrogens (primary N) is 1. The van der Waals surface area contributed by atoms with Gasteiger partial charge in [0.2, 0.25) is 5.91 Å². The molecule has 1 aromatic rings. The van der Waals surface area contributed by atoms with Crippen LogP contribution >= 0.6 is 11.8 Å². The normalized spacial score (nSPS) is 15.3. The second-order valence-electron chi connectivity index (χ2n) is 4.67. The first-order valence-corrected chi connectivity index (χ1v) is 7.68. The number of amides is 1. The van der Waals surface area contributed by atoms with Gasteiger partial charge >= 0.3 is 0 Å². The maximum Gasteiger partial charge on any atom is 0.222 e. The number of ether oxygens (including phenoxy) is 1. The molecule has 0 spiro atoms. The molecule has 0 atom stereocenters. The van der Waals surface area contributed by atoms with E-state index >= 15 is 0 Å². The van der Waals surface area contributed by atoms with Gasteiger partial charge < -0.3 is 15.4 Å². The van der Waals surface area contributed by atoms with E-state index in [2.05, 4.69) is 0 Å². The van der Waals surface area contributed by atoms with Gasteiger partial charge in [-0.3, -0.25) is 4.79 Å². The number of anilines is 1. The topological polar surface area (TPSA) is 55.6 Å². The molecule has 1 heterocycles. The predicted molar refractivity (Wildman–Crippen MR) is 78.2 cm³/mol. The first kappa shape index (κ1) is 15.1. The van der Waals surface area contributed by atoms with Crippen LogP contribution in [0, 0.1) is 5.82 Å². The van der Waals surface area contributed by atoms with Crippen molar-refractivity contribution in [2.75, 3.05) is 37.8 Å². The molecular weight excluding hydrogens is 279 g/mol. The smallest absolute Gasteiger partial charge is 0.222 e. The molecule has 0 aromatic heterocycles. The van der Waals surface area contributed by atoms with E-state index in [9.17, 15) is 9.18 Å². The van der Waals surface area contributed by atoms with Gasteiger partial charge in [-0.1, -0.05) is 0 Å². The van der Waals surface area contributed by atoms with Crippen molar-refractivity contribution in [3.05, 3.63) is 24.0 Å². The van der Waals surface area contributed by atoms with Crippen molar-refractivity contribution < 1.29 is 13.9 Å². The highest BCUT2D eigenvalue weighted by Crippen LogP contribution is 2.23. The minimum absolute atomic E-state index is 0.174. The lowest BCUT2D eigenvalue weighted by Crippen LogP contribution is -2.40. The van der Waals surface area contributed by atoms with Gasteiger partial charge in [0.1, 0.15) is 5.82 Å². The van der Waals surface area contributed by atoms with Crippen LogP contribution in [-0.4, -0.2) is 42.9 Å². The Morgan fingerprint density at radius 1 is 1.35 bits per heavy atom. The Kier molecular flexibility index (Phi) is 5.67. The molecule has 2 rings (SSSR count). The van der Waals surface area contributed by atoms with E-state index < -0.39 is 0 Å². The van der Waals surface area contributed by atoms with Crippen LogP contribution in [0.2, 0.25) is 0 Å². The molecule has 1 aliphatic rings. The summed E-state index contributed by atoms with van der Waals surface area (Å²) >= 11 is 1.52. The van der Waals surface area contributed by atoms with Crippen molar-refractivity contribution in [2.45, 2.75) is 17.7 Å². The summed E-state index contributed by atoms with van der Waals surface area (Å²) in [5.41, 5.74) is 6.01. The van der Waals surface area contributed by atoms with E-state index in [4.69, 9.17) is 10.5 Å². The number of halogens is 1. The summed E-state index contributed by atoms with van der Waals surface area (Å²) < 4.78 is 18.4. The van der Waals surface area contributed by atoms with Gasteiger partial charge in [-0.15, -0.1) is 11.8 Å². The highest BCUT2D eigenvalue weighted by atomic mass is 32.2. The number of hydrogen-bond donors (Lipinski definition) is 1. The number of rotatable bonds is 5. The average molecular weight is 298 g/mol. The van der Waals surface area contributed by atoms with Crippen molar-refractivity contribution in [1.29, 1.82) is 0 Å². The van der Waals surface area contributed by atoms with Crippen molar-refractivity contribution in [3.63, 3.8) is 0 Å². The Bertz CT molecular complexity index is 444. The predicted octanol–water partition coefficient (Wildman–Crippen LogP) is 2.14.